The summed E-state index contributed by atoms with van der Waals surface area (Å²) in [5, 5.41) is 3.26. The van der Waals surface area contributed by atoms with Crippen LogP contribution in [0.1, 0.15) is 12.0 Å². The fourth-order valence-corrected chi connectivity index (χ4v) is 3.30. The monoisotopic (exact) mass is 303 g/mol. The summed E-state index contributed by atoms with van der Waals surface area (Å²) in [5.74, 6) is -0.479. The van der Waals surface area contributed by atoms with Crippen LogP contribution in [0, 0.1) is 11.6 Å². The SMILES string of the molecule is Fc1ccc(Sc2ccc(F)cc2C2=CCNCC2)cc1. The average Bonchev–Trinajstić information content (AvgIpc) is 2.52. The maximum Gasteiger partial charge on any atom is 0.123 e. The first kappa shape index (κ1) is 14.3. The molecule has 2 aromatic rings. The van der Waals surface area contributed by atoms with Gasteiger partial charge in [-0.2, -0.15) is 0 Å². The van der Waals surface area contributed by atoms with Crippen molar-refractivity contribution in [3.63, 3.8) is 0 Å². The fraction of sp³-hybridized carbons (Fsp3) is 0.176. The van der Waals surface area contributed by atoms with E-state index in [0.29, 0.717) is 0 Å². The van der Waals surface area contributed by atoms with E-state index in [1.807, 2.05) is 0 Å². The van der Waals surface area contributed by atoms with Crippen LogP contribution in [0.25, 0.3) is 5.57 Å². The van der Waals surface area contributed by atoms with Crippen molar-refractivity contribution in [3.05, 3.63) is 65.7 Å². The van der Waals surface area contributed by atoms with Gasteiger partial charge in [0, 0.05) is 16.3 Å². The Bertz CT molecular complexity index is 665. The van der Waals surface area contributed by atoms with Crippen molar-refractivity contribution in [2.75, 3.05) is 13.1 Å². The molecular weight excluding hydrogens is 288 g/mol. The van der Waals surface area contributed by atoms with Crippen LogP contribution in [-0.2, 0) is 0 Å². The van der Waals surface area contributed by atoms with E-state index in [9.17, 15) is 8.78 Å². The summed E-state index contributed by atoms with van der Waals surface area (Å²) in [5.41, 5.74) is 2.10. The highest BCUT2D eigenvalue weighted by atomic mass is 32.2. The Morgan fingerprint density at radius 1 is 0.952 bits per heavy atom. The predicted molar refractivity (Wildman–Crippen MR) is 82.4 cm³/mol. The standard InChI is InChI=1S/C17H15F2NS/c18-13-1-4-15(5-2-13)21-17-6-3-14(19)11-16(17)12-7-9-20-10-8-12/h1-7,11,20H,8-10H2. The lowest BCUT2D eigenvalue weighted by Crippen LogP contribution is -2.20. The molecule has 1 aliphatic heterocycles. The summed E-state index contributed by atoms with van der Waals surface area (Å²) in [4.78, 5) is 1.94. The molecule has 0 fully saturated rings. The van der Waals surface area contributed by atoms with Gasteiger partial charge in [0.2, 0.25) is 0 Å². The molecule has 21 heavy (non-hydrogen) atoms. The van der Waals surface area contributed by atoms with Gasteiger partial charge in [0.1, 0.15) is 11.6 Å². The Kier molecular flexibility index (Phi) is 4.36. The largest absolute Gasteiger partial charge is 0.313 e. The second-order valence-electron chi connectivity index (χ2n) is 4.88. The second kappa shape index (κ2) is 6.41. The number of rotatable bonds is 3. The molecular formula is C17H15F2NS. The highest BCUT2D eigenvalue weighted by Gasteiger charge is 2.12. The van der Waals surface area contributed by atoms with Crippen molar-refractivity contribution in [1.82, 2.24) is 5.32 Å². The molecule has 1 N–H and O–H groups in total. The lowest BCUT2D eigenvalue weighted by atomic mass is 10.0. The van der Waals surface area contributed by atoms with Crippen LogP contribution in [0.2, 0.25) is 0 Å². The Hall–Kier alpha value is -1.65. The molecule has 2 aromatic carbocycles. The van der Waals surface area contributed by atoms with Crippen molar-refractivity contribution in [3.8, 4) is 0 Å². The summed E-state index contributed by atoms with van der Waals surface area (Å²) in [6, 6.07) is 11.2. The minimum Gasteiger partial charge on any atom is -0.313 e. The summed E-state index contributed by atoms with van der Waals surface area (Å²) < 4.78 is 26.6. The van der Waals surface area contributed by atoms with E-state index in [-0.39, 0.29) is 11.6 Å². The summed E-state index contributed by atoms with van der Waals surface area (Å²) in [6.07, 6.45) is 2.99. The van der Waals surface area contributed by atoms with Gasteiger partial charge in [0.25, 0.3) is 0 Å². The van der Waals surface area contributed by atoms with Crippen molar-refractivity contribution in [1.29, 1.82) is 0 Å². The Morgan fingerprint density at radius 3 is 2.43 bits per heavy atom. The van der Waals surface area contributed by atoms with Crippen LogP contribution in [0.5, 0.6) is 0 Å². The molecule has 1 aliphatic rings. The fourth-order valence-electron chi connectivity index (χ4n) is 2.34. The Labute approximate surface area is 127 Å². The smallest absolute Gasteiger partial charge is 0.123 e. The molecule has 3 rings (SSSR count). The van der Waals surface area contributed by atoms with Crippen molar-refractivity contribution < 1.29 is 8.78 Å². The van der Waals surface area contributed by atoms with Crippen molar-refractivity contribution >= 4 is 17.3 Å². The number of hydrogen-bond acceptors (Lipinski definition) is 2. The highest BCUT2D eigenvalue weighted by Crippen LogP contribution is 2.35. The maximum absolute atomic E-state index is 13.6. The third kappa shape index (κ3) is 3.52. The van der Waals surface area contributed by atoms with Gasteiger partial charge in [-0.3, -0.25) is 0 Å². The van der Waals surface area contributed by atoms with Gasteiger partial charge in [0.15, 0.2) is 0 Å². The summed E-state index contributed by atoms with van der Waals surface area (Å²) in [6.45, 7) is 1.72. The van der Waals surface area contributed by atoms with Crippen molar-refractivity contribution in [2.24, 2.45) is 0 Å². The molecule has 108 valence electrons. The first-order chi connectivity index (χ1) is 10.2. The molecule has 0 unspecified atom stereocenters. The van der Waals surface area contributed by atoms with Crippen molar-refractivity contribution in [2.45, 2.75) is 16.2 Å². The van der Waals surface area contributed by atoms with Gasteiger partial charge in [-0.1, -0.05) is 17.8 Å². The molecule has 0 radical (unpaired) electrons. The molecule has 0 aromatic heterocycles. The van der Waals surface area contributed by atoms with E-state index in [1.165, 1.54) is 30.0 Å². The normalized spacial score (nSPS) is 14.9. The number of benzene rings is 2. The topological polar surface area (TPSA) is 12.0 Å². The van der Waals surface area contributed by atoms with Crippen LogP contribution in [0.15, 0.2) is 58.3 Å². The molecule has 1 heterocycles. The maximum atomic E-state index is 13.6. The van der Waals surface area contributed by atoms with E-state index in [4.69, 9.17) is 0 Å². The quantitative estimate of drug-likeness (QED) is 0.896. The molecule has 4 heteroatoms. The zero-order valence-corrected chi connectivity index (χ0v) is 12.2. The van der Waals surface area contributed by atoms with Gasteiger partial charge in [0.05, 0.1) is 0 Å². The second-order valence-corrected chi connectivity index (χ2v) is 6.00. The summed E-state index contributed by atoms with van der Waals surface area (Å²) >= 11 is 1.53. The number of halogens is 2. The number of hydrogen-bond donors (Lipinski definition) is 1. The van der Waals surface area contributed by atoms with Gasteiger partial charge in [-0.25, -0.2) is 8.78 Å². The van der Waals surface area contributed by atoms with Gasteiger partial charge < -0.3 is 5.32 Å². The van der Waals surface area contributed by atoms with Crippen LogP contribution < -0.4 is 5.32 Å². The molecule has 0 bridgehead atoms. The minimum absolute atomic E-state index is 0.229. The first-order valence-corrected chi connectivity index (χ1v) is 7.67. The van der Waals surface area contributed by atoms with E-state index < -0.39 is 0 Å². The van der Waals surface area contributed by atoms with Gasteiger partial charge in [-0.15, -0.1) is 0 Å². The molecule has 0 spiro atoms. The highest BCUT2D eigenvalue weighted by molar-refractivity contribution is 7.99. The lowest BCUT2D eigenvalue weighted by Gasteiger charge is -2.17. The van der Waals surface area contributed by atoms with E-state index in [0.717, 1.165) is 40.4 Å². The van der Waals surface area contributed by atoms with Gasteiger partial charge in [-0.05, 0) is 66.6 Å². The molecule has 0 saturated heterocycles. The molecule has 0 saturated carbocycles. The third-order valence-corrected chi connectivity index (χ3v) is 4.48. The molecule has 0 aliphatic carbocycles. The first-order valence-electron chi connectivity index (χ1n) is 6.85. The van der Waals surface area contributed by atoms with E-state index in [1.54, 1.807) is 24.3 Å². The van der Waals surface area contributed by atoms with Gasteiger partial charge >= 0.3 is 0 Å². The average molecular weight is 303 g/mol. The zero-order valence-electron chi connectivity index (χ0n) is 11.4. The van der Waals surface area contributed by atoms with Crippen LogP contribution in [0.3, 0.4) is 0 Å². The van der Waals surface area contributed by atoms with Crippen LogP contribution in [-0.4, -0.2) is 13.1 Å². The van der Waals surface area contributed by atoms with E-state index >= 15 is 0 Å². The Morgan fingerprint density at radius 2 is 1.71 bits per heavy atom. The predicted octanol–water partition coefficient (Wildman–Crippen LogP) is 4.49. The molecule has 0 atom stereocenters. The van der Waals surface area contributed by atoms with Crippen LogP contribution in [0.4, 0.5) is 8.78 Å². The molecule has 0 amide bonds. The van der Waals surface area contributed by atoms with Crippen LogP contribution >= 0.6 is 11.8 Å². The van der Waals surface area contributed by atoms with E-state index in [2.05, 4.69) is 11.4 Å². The lowest BCUT2D eigenvalue weighted by molar-refractivity contribution is 0.625. The zero-order chi connectivity index (χ0) is 14.7. The third-order valence-electron chi connectivity index (χ3n) is 3.39. The minimum atomic E-state index is -0.250. The Balaban J connectivity index is 1.94. The molecule has 1 nitrogen and oxygen atoms in total. The number of nitrogens with one attached hydrogen (secondary N) is 1. The summed E-state index contributed by atoms with van der Waals surface area (Å²) in [7, 11) is 0.